The van der Waals surface area contributed by atoms with Crippen molar-refractivity contribution in [2.75, 3.05) is 13.2 Å². The molecule has 0 spiro atoms. The Hall–Kier alpha value is -3.14. The number of hydrogen-bond acceptors (Lipinski definition) is 4. The molecule has 3 aromatic rings. The fourth-order valence-corrected chi connectivity index (χ4v) is 3.87. The third-order valence-electron chi connectivity index (χ3n) is 5.80. The first-order valence-corrected chi connectivity index (χ1v) is 10.6. The first kappa shape index (κ1) is 21.1. The van der Waals surface area contributed by atoms with Gasteiger partial charge in [-0.2, -0.15) is 0 Å². The Balaban J connectivity index is 0.000000166. The Morgan fingerprint density at radius 1 is 0.774 bits per heavy atom. The van der Waals surface area contributed by atoms with E-state index in [1.54, 1.807) is 12.1 Å². The standard InChI is InChI=1S/C17H18O2.C10H12O2/c1-17(2)12-19-16-10-14(8-9-15(16)17)18-11-13-6-4-3-5-7-13;1-10(2)6-12-9-5-7(11)3-4-8(9)10/h3-10H,11-12H2,1-2H3;3-5,11H,6H2,1-2H3. The Morgan fingerprint density at radius 2 is 1.35 bits per heavy atom. The Kier molecular flexibility index (Phi) is 5.57. The van der Waals surface area contributed by atoms with Gasteiger partial charge < -0.3 is 19.3 Å². The molecule has 4 nitrogen and oxygen atoms in total. The Bertz CT molecular complexity index is 1050. The van der Waals surface area contributed by atoms with Crippen molar-refractivity contribution in [1.29, 1.82) is 0 Å². The van der Waals surface area contributed by atoms with Crippen LogP contribution in [-0.2, 0) is 17.4 Å². The van der Waals surface area contributed by atoms with Crippen LogP contribution in [0.2, 0.25) is 0 Å². The highest BCUT2D eigenvalue weighted by Crippen LogP contribution is 2.41. The van der Waals surface area contributed by atoms with Crippen molar-refractivity contribution in [2.45, 2.75) is 45.1 Å². The highest BCUT2D eigenvalue weighted by Gasteiger charge is 2.32. The molecule has 0 atom stereocenters. The number of benzene rings is 3. The summed E-state index contributed by atoms with van der Waals surface area (Å²) in [7, 11) is 0. The van der Waals surface area contributed by atoms with Crippen LogP contribution in [0.1, 0.15) is 44.4 Å². The largest absolute Gasteiger partial charge is 0.508 e. The van der Waals surface area contributed by atoms with Gasteiger partial charge in [0.2, 0.25) is 0 Å². The SMILES string of the molecule is CC1(C)COc2cc(O)ccc21.CC1(C)COc2cc(OCc3ccccc3)ccc21. The second kappa shape index (κ2) is 8.18. The first-order chi connectivity index (χ1) is 14.7. The van der Waals surface area contributed by atoms with E-state index < -0.39 is 0 Å². The molecule has 3 aromatic carbocycles. The third-order valence-corrected chi connectivity index (χ3v) is 5.80. The monoisotopic (exact) mass is 418 g/mol. The number of ether oxygens (including phenoxy) is 3. The van der Waals surface area contributed by atoms with Crippen LogP contribution in [0.3, 0.4) is 0 Å². The Morgan fingerprint density at radius 3 is 2.00 bits per heavy atom. The summed E-state index contributed by atoms with van der Waals surface area (Å²) >= 11 is 0. The molecule has 2 aliphatic heterocycles. The molecule has 0 saturated heterocycles. The van der Waals surface area contributed by atoms with Gasteiger partial charge in [-0.15, -0.1) is 0 Å². The number of hydrogen-bond donors (Lipinski definition) is 1. The minimum atomic E-state index is 0.0863. The van der Waals surface area contributed by atoms with Crippen molar-refractivity contribution in [3.8, 4) is 23.0 Å². The average molecular weight is 419 g/mol. The lowest BCUT2D eigenvalue weighted by Gasteiger charge is -2.15. The highest BCUT2D eigenvalue weighted by atomic mass is 16.5. The van der Waals surface area contributed by atoms with Gasteiger partial charge in [-0.25, -0.2) is 0 Å². The summed E-state index contributed by atoms with van der Waals surface area (Å²) in [5.74, 6) is 2.90. The van der Waals surface area contributed by atoms with Gasteiger partial charge >= 0.3 is 0 Å². The van der Waals surface area contributed by atoms with Crippen LogP contribution in [0.5, 0.6) is 23.0 Å². The molecule has 0 bridgehead atoms. The summed E-state index contributed by atoms with van der Waals surface area (Å²) in [5, 5.41) is 9.19. The molecule has 4 heteroatoms. The topological polar surface area (TPSA) is 47.9 Å². The van der Waals surface area contributed by atoms with Crippen molar-refractivity contribution in [1.82, 2.24) is 0 Å². The lowest BCUT2D eigenvalue weighted by atomic mass is 9.87. The predicted molar refractivity (Wildman–Crippen MR) is 122 cm³/mol. The lowest BCUT2D eigenvalue weighted by Crippen LogP contribution is -2.18. The van der Waals surface area contributed by atoms with Gasteiger partial charge in [-0.1, -0.05) is 70.2 Å². The van der Waals surface area contributed by atoms with Crippen LogP contribution < -0.4 is 14.2 Å². The minimum absolute atomic E-state index is 0.0863. The molecule has 162 valence electrons. The van der Waals surface area contributed by atoms with Crippen molar-refractivity contribution < 1.29 is 19.3 Å². The number of fused-ring (bicyclic) bond motifs is 2. The number of rotatable bonds is 3. The summed E-state index contributed by atoms with van der Waals surface area (Å²) in [6, 6.07) is 21.6. The molecule has 5 rings (SSSR count). The third kappa shape index (κ3) is 4.63. The molecular formula is C27H30O4. The summed E-state index contributed by atoms with van der Waals surface area (Å²) in [5.41, 5.74) is 3.81. The second-order valence-electron chi connectivity index (χ2n) is 9.46. The van der Waals surface area contributed by atoms with Crippen molar-refractivity contribution in [3.05, 3.63) is 83.4 Å². The van der Waals surface area contributed by atoms with Crippen molar-refractivity contribution >= 4 is 0 Å². The first-order valence-electron chi connectivity index (χ1n) is 10.6. The van der Waals surface area contributed by atoms with E-state index in [4.69, 9.17) is 14.2 Å². The molecule has 0 amide bonds. The van der Waals surface area contributed by atoms with Gasteiger partial charge in [-0.05, 0) is 17.7 Å². The maximum atomic E-state index is 9.19. The molecule has 31 heavy (non-hydrogen) atoms. The van der Waals surface area contributed by atoms with E-state index in [-0.39, 0.29) is 16.6 Å². The zero-order valence-electron chi connectivity index (χ0n) is 18.6. The molecule has 0 aliphatic carbocycles. The number of aromatic hydroxyl groups is 1. The van der Waals surface area contributed by atoms with Gasteiger partial charge in [0.05, 0.1) is 13.2 Å². The van der Waals surface area contributed by atoms with Gasteiger partial charge in [0.25, 0.3) is 0 Å². The zero-order valence-corrected chi connectivity index (χ0v) is 18.6. The summed E-state index contributed by atoms with van der Waals surface area (Å²) in [4.78, 5) is 0. The van der Waals surface area contributed by atoms with Gasteiger partial charge in [0, 0.05) is 34.1 Å². The van der Waals surface area contributed by atoms with Crippen LogP contribution >= 0.6 is 0 Å². The quantitative estimate of drug-likeness (QED) is 0.567. The highest BCUT2D eigenvalue weighted by molar-refractivity contribution is 5.48. The molecule has 2 aliphatic rings. The second-order valence-corrected chi connectivity index (χ2v) is 9.46. The number of phenolic OH excluding ortho intramolecular Hbond substituents is 1. The number of phenols is 1. The van der Waals surface area contributed by atoms with E-state index in [2.05, 4.69) is 45.9 Å². The van der Waals surface area contributed by atoms with E-state index in [1.807, 2.05) is 36.4 Å². The molecule has 0 radical (unpaired) electrons. The summed E-state index contributed by atoms with van der Waals surface area (Å²) < 4.78 is 17.0. The van der Waals surface area contributed by atoms with Crippen LogP contribution in [0.25, 0.3) is 0 Å². The smallest absolute Gasteiger partial charge is 0.126 e. The van der Waals surface area contributed by atoms with E-state index in [0.717, 1.165) is 23.9 Å². The normalized spacial score (nSPS) is 16.8. The van der Waals surface area contributed by atoms with Crippen molar-refractivity contribution in [3.63, 3.8) is 0 Å². The average Bonchev–Trinajstić information content (AvgIpc) is 3.22. The van der Waals surface area contributed by atoms with Crippen molar-refractivity contribution in [2.24, 2.45) is 0 Å². The molecule has 0 aromatic heterocycles. The molecular weight excluding hydrogens is 388 g/mol. The van der Waals surface area contributed by atoms with Gasteiger partial charge in [-0.3, -0.25) is 0 Å². The molecule has 0 unspecified atom stereocenters. The van der Waals surface area contributed by atoms with Crippen LogP contribution in [0.15, 0.2) is 66.7 Å². The van der Waals surface area contributed by atoms with E-state index >= 15 is 0 Å². The fraction of sp³-hybridized carbons (Fsp3) is 0.333. The van der Waals surface area contributed by atoms with Crippen LogP contribution in [-0.4, -0.2) is 18.3 Å². The molecule has 2 heterocycles. The maximum absolute atomic E-state index is 9.19. The fourth-order valence-electron chi connectivity index (χ4n) is 3.87. The van der Waals surface area contributed by atoms with Crippen LogP contribution in [0.4, 0.5) is 0 Å². The van der Waals surface area contributed by atoms with Crippen LogP contribution in [0, 0.1) is 0 Å². The van der Waals surface area contributed by atoms with E-state index in [1.165, 1.54) is 16.7 Å². The summed E-state index contributed by atoms with van der Waals surface area (Å²) in [6.45, 7) is 10.7. The maximum Gasteiger partial charge on any atom is 0.126 e. The van der Waals surface area contributed by atoms with E-state index in [0.29, 0.717) is 13.2 Å². The lowest BCUT2D eigenvalue weighted by molar-refractivity contribution is 0.285. The predicted octanol–water partition coefficient (Wildman–Crippen LogP) is 6.00. The van der Waals surface area contributed by atoms with Gasteiger partial charge in [0.15, 0.2) is 0 Å². The molecule has 0 fully saturated rings. The molecule has 1 N–H and O–H groups in total. The minimum Gasteiger partial charge on any atom is -0.508 e. The summed E-state index contributed by atoms with van der Waals surface area (Å²) in [6.07, 6.45) is 0. The van der Waals surface area contributed by atoms with Gasteiger partial charge in [0.1, 0.15) is 29.6 Å². The Labute approximate surface area is 184 Å². The molecule has 0 saturated carbocycles. The zero-order chi connectivity index (χ0) is 22.1. The van der Waals surface area contributed by atoms with E-state index in [9.17, 15) is 5.11 Å².